The number of carbonyl (C=O) groups is 1. The largest absolute Gasteiger partial charge is 0.457 e. The number of hydrogen-bond donors (Lipinski definition) is 1. The van der Waals surface area contributed by atoms with Crippen LogP contribution in [0, 0.1) is 27.6 Å². The molecule has 0 saturated heterocycles. The summed E-state index contributed by atoms with van der Waals surface area (Å²) in [6, 6.07) is 6.46. The molecular formula is C42H76O11S. The van der Waals surface area contributed by atoms with Crippen molar-refractivity contribution >= 4 is 16.1 Å². The van der Waals surface area contributed by atoms with Gasteiger partial charge in [0, 0.05) is 26.4 Å². The highest BCUT2D eigenvalue weighted by Gasteiger charge is 2.50. The van der Waals surface area contributed by atoms with Crippen molar-refractivity contribution in [3.05, 3.63) is 29.8 Å². The number of hydrogen-bond acceptors (Lipinski definition) is 10. The van der Waals surface area contributed by atoms with Crippen LogP contribution in [0.25, 0.3) is 0 Å². The normalized spacial score (nSPS) is 14.6. The van der Waals surface area contributed by atoms with Gasteiger partial charge in [0.05, 0.1) is 50.5 Å². The van der Waals surface area contributed by atoms with Crippen LogP contribution in [0.5, 0.6) is 0 Å². The van der Waals surface area contributed by atoms with Gasteiger partial charge in [-0.15, -0.1) is 0 Å². The zero-order valence-electron chi connectivity index (χ0n) is 36.1. The highest BCUT2D eigenvalue weighted by atomic mass is 32.2. The third-order valence-corrected chi connectivity index (χ3v) is 11.3. The Hall–Kier alpha value is -1.64. The van der Waals surface area contributed by atoms with Crippen LogP contribution in [0.2, 0.25) is 0 Å². The molecule has 0 radical (unpaired) electrons. The number of benzene rings is 1. The molecule has 316 valence electrons. The Morgan fingerprint density at radius 1 is 0.630 bits per heavy atom. The Labute approximate surface area is 328 Å². The maximum Gasteiger partial charge on any atom is 0.309 e. The summed E-state index contributed by atoms with van der Waals surface area (Å²) in [6.45, 7) is 33.0. The first-order valence-electron chi connectivity index (χ1n) is 19.7. The number of ether oxygens (including phenoxy) is 7. The Bertz CT molecular complexity index is 1260. The first kappa shape index (κ1) is 50.4. The fourth-order valence-corrected chi connectivity index (χ4v) is 6.90. The molecule has 11 nitrogen and oxygen atoms in total. The van der Waals surface area contributed by atoms with E-state index in [4.69, 9.17) is 33.2 Å². The van der Waals surface area contributed by atoms with Gasteiger partial charge < -0.3 is 33.2 Å². The van der Waals surface area contributed by atoms with Gasteiger partial charge in [0.2, 0.25) is 0 Å². The van der Waals surface area contributed by atoms with E-state index in [-0.39, 0.29) is 53.0 Å². The first-order valence-corrected chi connectivity index (χ1v) is 21.2. The summed E-state index contributed by atoms with van der Waals surface area (Å²) in [5.41, 5.74) is -0.420. The second-order valence-corrected chi connectivity index (χ2v) is 19.1. The number of esters is 1. The maximum atomic E-state index is 14.7. The number of carbonyl (C=O) groups excluding carboxylic acids is 1. The molecule has 0 aliphatic carbocycles. The smallest absolute Gasteiger partial charge is 0.309 e. The van der Waals surface area contributed by atoms with E-state index < -0.39 is 33.0 Å². The molecule has 2 atom stereocenters. The van der Waals surface area contributed by atoms with Crippen LogP contribution in [0.1, 0.15) is 121 Å². The molecule has 2 unspecified atom stereocenters. The molecule has 1 aromatic rings. The predicted octanol–water partition coefficient (Wildman–Crippen LogP) is 8.39. The summed E-state index contributed by atoms with van der Waals surface area (Å²) in [7, 11) is -4.32. The third-order valence-electron chi connectivity index (χ3n) is 10.4. The molecule has 54 heavy (non-hydrogen) atoms. The van der Waals surface area contributed by atoms with Crippen molar-refractivity contribution < 1.29 is 50.9 Å². The Balaban J connectivity index is 3.54. The van der Waals surface area contributed by atoms with Crippen molar-refractivity contribution in [1.29, 1.82) is 0 Å². The van der Waals surface area contributed by atoms with Gasteiger partial charge in [0.25, 0.3) is 10.1 Å². The fraction of sp³-hybridized carbons (Fsp3) is 0.833. The van der Waals surface area contributed by atoms with Gasteiger partial charge in [-0.3, -0.25) is 9.35 Å². The maximum absolute atomic E-state index is 14.7. The van der Waals surface area contributed by atoms with Crippen LogP contribution >= 0.6 is 0 Å². The lowest BCUT2D eigenvalue weighted by atomic mass is 9.54. The van der Waals surface area contributed by atoms with E-state index in [1.54, 1.807) is 12.1 Å². The van der Waals surface area contributed by atoms with E-state index in [2.05, 4.69) is 69.2 Å². The summed E-state index contributed by atoms with van der Waals surface area (Å²) in [4.78, 5) is 14.5. The van der Waals surface area contributed by atoms with Crippen molar-refractivity contribution in [2.75, 3.05) is 66.1 Å². The van der Waals surface area contributed by atoms with E-state index in [1.165, 1.54) is 12.1 Å². The highest BCUT2D eigenvalue weighted by Crippen LogP contribution is 2.55. The van der Waals surface area contributed by atoms with Crippen molar-refractivity contribution in [1.82, 2.24) is 0 Å². The molecule has 0 spiro atoms. The minimum Gasteiger partial charge on any atom is -0.457 e. The lowest BCUT2D eigenvalue weighted by Crippen LogP contribution is -2.47. The summed E-state index contributed by atoms with van der Waals surface area (Å²) in [5.74, 6) is -0.812. The Morgan fingerprint density at radius 2 is 1.04 bits per heavy atom. The molecule has 0 amide bonds. The quantitative estimate of drug-likeness (QED) is 0.0680. The Morgan fingerprint density at radius 3 is 1.37 bits per heavy atom. The second kappa shape index (κ2) is 22.9. The molecule has 0 saturated carbocycles. The van der Waals surface area contributed by atoms with Crippen LogP contribution in [-0.4, -0.2) is 103 Å². The summed E-state index contributed by atoms with van der Waals surface area (Å²) >= 11 is 0. The lowest BCUT2D eigenvalue weighted by molar-refractivity contribution is -0.178. The van der Waals surface area contributed by atoms with Crippen molar-refractivity contribution in [2.45, 2.75) is 139 Å². The molecule has 1 N–H and O–H groups in total. The van der Waals surface area contributed by atoms with Crippen LogP contribution in [0.4, 0.5) is 0 Å². The van der Waals surface area contributed by atoms with Crippen LogP contribution < -0.4 is 0 Å². The Kier molecular flexibility index (Phi) is 21.4. The minimum absolute atomic E-state index is 0.00306. The highest BCUT2D eigenvalue weighted by molar-refractivity contribution is 7.85. The van der Waals surface area contributed by atoms with Gasteiger partial charge in [-0.1, -0.05) is 81.4 Å². The van der Waals surface area contributed by atoms with Gasteiger partial charge in [0.1, 0.15) is 18.3 Å². The van der Waals surface area contributed by atoms with E-state index >= 15 is 0 Å². The zero-order valence-corrected chi connectivity index (χ0v) is 36.9. The minimum atomic E-state index is -4.32. The van der Waals surface area contributed by atoms with Crippen molar-refractivity contribution in [2.24, 2.45) is 27.6 Å². The van der Waals surface area contributed by atoms with E-state index in [1.807, 2.05) is 27.7 Å². The van der Waals surface area contributed by atoms with E-state index in [0.29, 0.717) is 65.7 Å². The van der Waals surface area contributed by atoms with Crippen LogP contribution in [0.3, 0.4) is 0 Å². The zero-order chi connectivity index (χ0) is 41.4. The molecule has 1 rings (SSSR count). The lowest BCUT2D eigenvalue weighted by Gasteiger charge is -2.50. The van der Waals surface area contributed by atoms with E-state index in [9.17, 15) is 17.8 Å². The SMILES string of the molecule is CCOCC(COCC)OCC(COC(COCC)COCC)OC(=O)C(CC(C)(C)C)C(C)(C)C(C)(C)CC(c1ccc(S(=O)(=O)O)cc1)C(C)(C)C. The number of rotatable bonds is 27. The third kappa shape index (κ3) is 17.7. The standard InChI is InChI=1S/C42H76O11S/c1-15-47-25-32(26-48-16-2)51-29-34(30-52-33(27-49-17-3)28-50-18-4)53-38(43)37(23-39(5,6)7)42(13,14)41(11,12)24-36(40(8,9)10)31-19-21-35(22-20-31)54(44,45)46/h19-22,32-34,36-37H,15-18,23-30H2,1-14H3,(H,44,45,46). The molecule has 0 aliphatic rings. The molecule has 0 heterocycles. The average molecular weight is 789 g/mol. The average Bonchev–Trinajstić information content (AvgIpc) is 3.07. The molecular weight excluding hydrogens is 713 g/mol. The summed E-state index contributed by atoms with van der Waals surface area (Å²) < 4.78 is 74.8. The fourth-order valence-electron chi connectivity index (χ4n) is 6.42. The molecule has 12 heteroatoms. The summed E-state index contributed by atoms with van der Waals surface area (Å²) in [6.07, 6.45) is -0.148. The molecule has 0 bridgehead atoms. The van der Waals surface area contributed by atoms with Gasteiger partial charge in [-0.2, -0.15) is 8.42 Å². The van der Waals surface area contributed by atoms with Crippen LogP contribution in [-0.2, 0) is 48.1 Å². The molecule has 1 aromatic carbocycles. The molecule has 0 aromatic heterocycles. The van der Waals surface area contributed by atoms with E-state index in [0.717, 1.165) is 5.56 Å². The predicted molar refractivity (Wildman–Crippen MR) is 214 cm³/mol. The van der Waals surface area contributed by atoms with Crippen LogP contribution in [0.15, 0.2) is 29.2 Å². The first-order chi connectivity index (χ1) is 24.9. The van der Waals surface area contributed by atoms with Crippen molar-refractivity contribution in [3.63, 3.8) is 0 Å². The molecule has 0 aliphatic heterocycles. The van der Waals surface area contributed by atoms with Gasteiger partial charge in [-0.05, 0) is 85.8 Å². The monoisotopic (exact) mass is 789 g/mol. The van der Waals surface area contributed by atoms with Gasteiger partial charge in [0.15, 0.2) is 0 Å². The second-order valence-electron chi connectivity index (χ2n) is 17.7. The van der Waals surface area contributed by atoms with Crippen molar-refractivity contribution in [3.8, 4) is 0 Å². The summed E-state index contributed by atoms with van der Waals surface area (Å²) in [5, 5.41) is 0. The van der Waals surface area contributed by atoms with Gasteiger partial charge in [-0.25, -0.2) is 0 Å². The van der Waals surface area contributed by atoms with Gasteiger partial charge >= 0.3 is 5.97 Å². The topological polar surface area (TPSA) is 136 Å². The molecule has 0 fully saturated rings.